The van der Waals surface area contributed by atoms with Crippen molar-refractivity contribution in [1.82, 2.24) is 93.4 Å². The predicted molar refractivity (Wildman–Crippen MR) is 518 cm³/mol. The third kappa shape index (κ3) is 32.2. The summed E-state index contributed by atoms with van der Waals surface area (Å²) in [5, 5.41) is 62.8. The number of guanidine groups is 1. The molecule has 0 saturated carbocycles. The van der Waals surface area contributed by atoms with E-state index < -0.39 is 222 Å². The molecule has 44 heteroatoms. The Morgan fingerprint density at radius 2 is 1.09 bits per heavy atom. The van der Waals surface area contributed by atoms with E-state index in [9.17, 15) is 58.2 Å². The van der Waals surface area contributed by atoms with Crippen LogP contribution in [0.1, 0.15) is 125 Å². The number of aromatic carboxylic acids is 1. The van der Waals surface area contributed by atoms with Crippen LogP contribution < -0.4 is 80.6 Å². The maximum Gasteiger partial charge on any atom is 0.335 e. The molecule has 0 bridgehead atoms. The molecule has 10 rings (SSSR count). The number of likely N-dealkylation sites (N-methyl/N-ethyl adjacent to an activating group) is 1. The van der Waals surface area contributed by atoms with E-state index in [1.807, 2.05) is 4.90 Å². The van der Waals surface area contributed by atoms with E-state index in [4.69, 9.17) is 21.6 Å². The number of carboxylic acid groups (broad SMARTS) is 2. The van der Waals surface area contributed by atoms with Gasteiger partial charge in [0.15, 0.2) is 5.96 Å². The maximum absolute atomic E-state index is 15.8. The molecule has 0 aliphatic carbocycles. The molecular formula is C97H126N22O21S. The molecule has 12 atom stereocenters. The monoisotopic (exact) mass is 1970 g/mol. The molecule has 21 N–H and O–H groups in total. The lowest BCUT2D eigenvalue weighted by atomic mass is 9.91. The number of carboxylic acids is 2. The van der Waals surface area contributed by atoms with Crippen LogP contribution in [0.25, 0.3) is 22.3 Å². The van der Waals surface area contributed by atoms with Gasteiger partial charge in [-0.2, -0.15) is 0 Å². The summed E-state index contributed by atoms with van der Waals surface area (Å²) in [6.45, 7) is 10.3. The molecule has 4 aliphatic heterocycles. The molecule has 756 valence electrons. The zero-order valence-corrected chi connectivity index (χ0v) is 80.7. The van der Waals surface area contributed by atoms with E-state index in [1.54, 1.807) is 151 Å². The Kier molecular flexibility index (Phi) is 39.8. The van der Waals surface area contributed by atoms with E-state index >= 15 is 38.4 Å². The number of carbonyl (C=O) groups excluding carboxylic acids is 16. The number of anilines is 1. The fraction of sp³-hybridized carbons (Fsp3) is 0.464. The SMILES string of the molecule is CC(=O)Nc1ccc(-c2ccc(C[C@@H]3NC(=O)[C@H](Cc4ccc(-c5ccc(C(=O)O)cc5)cc4)NC(=O)[C@H](CN4CCOCC4)NC(=O)CSC[C@@H](C(=O)NCC(N)=O)NC(=O)[C@H](CC(C)C)NC(=O)[C@H](Cc4ncc[nH]4)NC(=O)[C@H](C(C)C)NC(=O)C4Cc5ccccc5CN4C(=O)[C@H](C(C)C)NC(=O)[C@@H](CCCNC(=N)N)NC(=O)[C@H](CC(=O)O)NC(=O)[C@@H]4CCCN4C(=O)CN(C)C3=O)cc2)cc1. The summed E-state index contributed by atoms with van der Waals surface area (Å²) in [6, 6.07) is 14.9. The smallest absolute Gasteiger partial charge is 0.335 e. The lowest BCUT2D eigenvalue weighted by Crippen LogP contribution is -2.63. The number of H-pyrrole nitrogens is 1. The first-order chi connectivity index (χ1) is 67.1. The molecule has 1 unspecified atom stereocenters. The van der Waals surface area contributed by atoms with Crippen molar-refractivity contribution in [2.24, 2.45) is 29.2 Å². The Morgan fingerprint density at radius 3 is 1.67 bits per heavy atom. The number of aromatic nitrogens is 2. The fourth-order valence-electron chi connectivity index (χ4n) is 16.8. The number of nitrogens with one attached hydrogen (secondary N) is 15. The number of rotatable bonds is 25. The summed E-state index contributed by atoms with van der Waals surface area (Å²) < 4.78 is 5.64. The first-order valence-electron chi connectivity index (χ1n) is 46.7. The van der Waals surface area contributed by atoms with Crippen molar-refractivity contribution in [1.29, 1.82) is 5.41 Å². The van der Waals surface area contributed by atoms with E-state index in [0.717, 1.165) is 27.1 Å². The molecule has 141 heavy (non-hydrogen) atoms. The molecule has 5 heterocycles. The fourth-order valence-corrected chi connectivity index (χ4v) is 17.7. The number of nitrogens with two attached hydrogens (primary N) is 2. The van der Waals surface area contributed by atoms with Crippen LogP contribution >= 0.6 is 11.8 Å². The molecule has 0 radical (unpaired) electrons. The first-order valence-corrected chi connectivity index (χ1v) is 47.9. The Morgan fingerprint density at radius 1 is 0.553 bits per heavy atom. The lowest BCUT2D eigenvalue weighted by molar-refractivity contribution is -0.147. The average Bonchev–Trinajstić information content (AvgIpc) is 1.29. The van der Waals surface area contributed by atoms with Crippen LogP contribution in [0, 0.1) is 23.2 Å². The van der Waals surface area contributed by atoms with Crippen LogP contribution in [0.2, 0.25) is 0 Å². The normalized spacial score (nSPS) is 22.8. The van der Waals surface area contributed by atoms with Gasteiger partial charge in [0.2, 0.25) is 94.5 Å². The predicted octanol–water partition coefficient (Wildman–Crippen LogP) is -0.544. The van der Waals surface area contributed by atoms with Gasteiger partial charge in [0.1, 0.15) is 78.3 Å². The van der Waals surface area contributed by atoms with Gasteiger partial charge in [-0.3, -0.25) is 91.8 Å². The molecule has 4 aliphatic rings. The van der Waals surface area contributed by atoms with E-state index in [2.05, 4.69) is 79.1 Å². The van der Waals surface area contributed by atoms with Gasteiger partial charge in [-0.05, 0) is 119 Å². The van der Waals surface area contributed by atoms with Crippen molar-refractivity contribution in [2.45, 2.75) is 192 Å². The average molecular weight is 1970 g/mol. The zero-order valence-electron chi connectivity index (χ0n) is 79.9. The number of benzene rings is 5. The summed E-state index contributed by atoms with van der Waals surface area (Å²) in [5.41, 5.74) is 16.5. The number of thioether (sulfide) groups is 1. The van der Waals surface area contributed by atoms with Gasteiger partial charge in [-0.15, -0.1) is 11.8 Å². The molecule has 5 aromatic carbocycles. The highest BCUT2D eigenvalue weighted by Gasteiger charge is 2.45. The number of aliphatic carboxylic acids is 1. The summed E-state index contributed by atoms with van der Waals surface area (Å²) in [7, 11) is 1.27. The Hall–Kier alpha value is -14.7. The molecule has 1 aromatic heterocycles. The molecule has 3 fully saturated rings. The van der Waals surface area contributed by atoms with Crippen molar-refractivity contribution in [2.75, 3.05) is 82.9 Å². The Bertz CT molecular complexity index is 5490. The minimum Gasteiger partial charge on any atom is -0.481 e. The van der Waals surface area contributed by atoms with Gasteiger partial charge in [-0.1, -0.05) is 139 Å². The van der Waals surface area contributed by atoms with Crippen molar-refractivity contribution >= 4 is 130 Å². The summed E-state index contributed by atoms with van der Waals surface area (Å²) in [4.78, 5) is 273. The third-order valence-electron chi connectivity index (χ3n) is 24.3. The third-order valence-corrected chi connectivity index (χ3v) is 25.3. The number of hydrogen-bond donors (Lipinski definition) is 19. The number of aromatic amines is 1. The number of carbonyl (C=O) groups is 18. The van der Waals surface area contributed by atoms with Crippen molar-refractivity contribution in [3.05, 3.63) is 167 Å². The van der Waals surface area contributed by atoms with Crippen LogP contribution in [-0.4, -0.2) is 302 Å². The first kappa shape index (κ1) is 108. The number of imidazole rings is 1. The van der Waals surface area contributed by atoms with E-state index in [-0.39, 0.29) is 133 Å². The number of hydrogen-bond acceptors (Lipinski definition) is 23. The highest BCUT2D eigenvalue weighted by atomic mass is 32.2. The van der Waals surface area contributed by atoms with Crippen molar-refractivity contribution in [3.63, 3.8) is 0 Å². The summed E-state index contributed by atoms with van der Waals surface area (Å²) in [5.74, 6) is -20.0. The van der Waals surface area contributed by atoms with Gasteiger partial charge < -0.3 is 115 Å². The van der Waals surface area contributed by atoms with Gasteiger partial charge in [0.25, 0.3) is 0 Å². The highest BCUT2D eigenvalue weighted by Crippen LogP contribution is 2.29. The summed E-state index contributed by atoms with van der Waals surface area (Å²) in [6.07, 6.45) is 0.521. The second-order valence-electron chi connectivity index (χ2n) is 36.4. The van der Waals surface area contributed by atoms with Gasteiger partial charge in [0.05, 0.1) is 44.0 Å². The lowest BCUT2D eigenvalue weighted by Gasteiger charge is -2.39. The maximum atomic E-state index is 15.8. The number of primary amides is 1. The summed E-state index contributed by atoms with van der Waals surface area (Å²) >= 11 is 0.806. The van der Waals surface area contributed by atoms with Crippen LogP contribution in [0.5, 0.6) is 0 Å². The van der Waals surface area contributed by atoms with Gasteiger partial charge in [-0.25, -0.2) is 9.78 Å². The van der Waals surface area contributed by atoms with Crippen molar-refractivity contribution in [3.8, 4) is 22.3 Å². The van der Waals surface area contributed by atoms with Crippen LogP contribution in [0.3, 0.4) is 0 Å². The van der Waals surface area contributed by atoms with E-state index in [0.29, 0.717) is 44.6 Å². The molecular weight excluding hydrogens is 1840 g/mol. The van der Waals surface area contributed by atoms with Gasteiger partial charge >= 0.3 is 11.9 Å². The van der Waals surface area contributed by atoms with Crippen LogP contribution in [0.4, 0.5) is 5.69 Å². The van der Waals surface area contributed by atoms with Crippen LogP contribution in [0.15, 0.2) is 134 Å². The van der Waals surface area contributed by atoms with Crippen molar-refractivity contribution < 1.29 is 101 Å². The molecule has 6 aromatic rings. The number of morpholine rings is 1. The van der Waals surface area contributed by atoms with Gasteiger partial charge in [0, 0.05) is 103 Å². The Balaban J connectivity index is 1.03. The minimum atomic E-state index is -1.96. The van der Waals surface area contributed by atoms with E-state index in [1.165, 1.54) is 43.4 Å². The Labute approximate surface area is 819 Å². The standard InChI is InChI=1S/C97H126N22O21S/c1-53(2)41-68-86(128)113-74(84(126)104-47-77(98)121)51-141-52-79(122)106-73(49-117-37-39-140-40-38-117)90(132)109-69(42-57-17-21-59(22-18-57)61-25-27-63(28-26-61)96(138)139)87(129)112-72(43-58-19-23-60(24-20-58)62-29-31-66(32-30-62)105-56(7)120)94(136)116(8)50-80(123)118-36-12-16-75(118)91(133)110-71(46-81(124)125)89(131)107-67(15-11-33-103-97(99)100)85(127)115-83(55(5)6)95(137)119-48-65-14-10-9-13-64(65)44-76(119)92(134)114-82(54(3)4)93(135)111-70(88(130)108-68)45-78-101-34-35-102-78/h9-10,13-14,17-32,34-35,53-55,67-76,82-83H,11-12,15-16,33,36-52H2,1-8H3,(H2,98,121)(H,101,102)(H,104,126)(H,105,120)(H,106,122)(H,107,131)(H,108,130)(H,109,132)(H,110,133)(H,111,135)(H,112,129)(H,113,128)(H,114,134)(H,115,127)(H,124,125)(H,138,139)(H4,99,100,103)/t67-,68+,69+,70+,71+,72+,73+,74+,75+,76?,82+,83+/m1/s1. The topological polar surface area (TPSA) is 631 Å². The second-order valence-corrected chi connectivity index (χ2v) is 37.4. The highest BCUT2D eigenvalue weighted by molar-refractivity contribution is 8.00. The molecule has 0 spiro atoms. The number of amides is 16. The molecule has 43 nitrogen and oxygen atoms in total. The largest absolute Gasteiger partial charge is 0.481 e. The number of ether oxygens (including phenoxy) is 1. The quantitative estimate of drug-likeness (QED) is 0.0194. The minimum absolute atomic E-state index is 0.00343. The zero-order chi connectivity index (χ0) is 102. The number of fused-ring (bicyclic) bond motifs is 3. The van der Waals surface area contributed by atoms with Crippen LogP contribution in [-0.2, 0) is 118 Å². The molecule has 16 amide bonds. The second kappa shape index (κ2) is 51.8. The number of nitrogens with zero attached hydrogens (tertiary/aromatic N) is 5. The molecule has 3 saturated heterocycles.